The average Bonchev–Trinajstić information content (AvgIpc) is 3.16. The first-order valence-electron chi connectivity index (χ1n) is 12.2. The summed E-state index contributed by atoms with van der Waals surface area (Å²) in [6.45, 7) is 1.78. The zero-order chi connectivity index (χ0) is 27.4. The molecule has 0 aliphatic heterocycles. The number of methoxy groups -OCH3 is 2. The number of aliphatic hydroxyl groups excluding tert-OH is 1. The molecule has 0 saturated heterocycles. The van der Waals surface area contributed by atoms with E-state index in [0.717, 1.165) is 11.1 Å². The summed E-state index contributed by atoms with van der Waals surface area (Å²) in [7, 11) is 3.08. The molecule has 1 atom stereocenters. The van der Waals surface area contributed by atoms with Crippen molar-refractivity contribution in [3.63, 3.8) is 0 Å². The van der Waals surface area contributed by atoms with Gasteiger partial charge in [-0.05, 0) is 67.0 Å². The molecule has 1 aliphatic rings. The van der Waals surface area contributed by atoms with E-state index in [-0.39, 0.29) is 16.6 Å². The number of carbonyl (C=O) groups excluding carboxylic acids is 1. The lowest BCUT2D eigenvalue weighted by Crippen LogP contribution is -2.30. The van der Waals surface area contributed by atoms with Crippen LogP contribution in [-0.2, 0) is 13.0 Å². The van der Waals surface area contributed by atoms with E-state index in [0.29, 0.717) is 52.7 Å². The van der Waals surface area contributed by atoms with Gasteiger partial charge in [0.25, 0.3) is 5.91 Å². The van der Waals surface area contributed by atoms with Crippen LogP contribution in [0.4, 0.5) is 4.39 Å². The third-order valence-corrected chi connectivity index (χ3v) is 7.38. The Labute approximate surface area is 224 Å². The molecule has 0 bridgehead atoms. The van der Waals surface area contributed by atoms with Gasteiger partial charge in [0.2, 0.25) is 5.75 Å². The Kier molecular flexibility index (Phi) is 8.58. The number of aryl methyl sites for hydroxylation is 1. The molecule has 9 heteroatoms. The van der Waals surface area contributed by atoms with Gasteiger partial charge in [0.15, 0.2) is 16.9 Å². The molecule has 4 rings (SSSR count). The van der Waals surface area contributed by atoms with Crippen molar-refractivity contribution in [1.29, 1.82) is 0 Å². The first kappa shape index (κ1) is 27.5. The number of hydrogen-bond acceptors (Lipinski definition) is 7. The molecule has 3 aromatic carbocycles. The van der Waals surface area contributed by atoms with Crippen molar-refractivity contribution >= 4 is 17.7 Å². The fraction of sp³-hybridized carbons (Fsp3) is 0.310. The zero-order valence-corrected chi connectivity index (χ0v) is 22.5. The third kappa shape index (κ3) is 5.08. The monoisotopic (exact) mass is 539 g/mol. The van der Waals surface area contributed by atoms with Gasteiger partial charge in [0.05, 0.1) is 43.9 Å². The first-order chi connectivity index (χ1) is 18.4. The molecule has 0 spiro atoms. The molecule has 0 fully saturated rings. The Balaban J connectivity index is 1.92. The number of amides is 1. The van der Waals surface area contributed by atoms with Gasteiger partial charge in [0, 0.05) is 11.1 Å². The normalized spacial score (nSPS) is 14.1. The number of ether oxygens (including phenoxy) is 3. The maximum atomic E-state index is 14.9. The van der Waals surface area contributed by atoms with Gasteiger partial charge in [-0.15, -0.1) is 11.8 Å². The molecule has 0 saturated carbocycles. The summed E-state index contributed by atoms with van der Waals surface area (Å²) < 4.78 is 32.2. The fourth-order valence-corrected chi connectivity index (χ4v) is 5.31. The van der Waals surface area contributed by atoms with Crippen molar-refractivity contribution in [2.45, 2.75) is 37.3 Å². The summed E-state index contributed by atoms with van der Waals surface area (Å²) in [6, 6.07) is 10.7. The molecule has 0 heterocycles. The number of thioether (sulfide) groups is 1. The largest absolute Gasteiger partial charge is 0.492 e. The number of nitrogens with one attached hydrogen (secondary N) is 1. The number of fused-ring (bicyclic) bond motifs is 3. The van der Waals surface area contributed by atoms with Crippen LogP contribution in [0.15, 0.2) is 52.2 Å². The maximum absolute atomic E-state index is 14.9. The Morgan fingerprint density at radius 1 is 1.16 bits per heavy atom. The van der Waals surface area contributed by atoms with Crippen LogP contribution >= 0.6 is 11.8 Å². The molecule has 2 N–H and O–H groups in total. The summed E-state index contributed by atoms with van der Waals surface area (Å²) >= 11 is 1.33. The molecule has 0 radical (unpaired) electrons. The number of carbonyl (C=O) groups is 1. The molecule has 200 valence electrons. The number of rotatable bonds is 8. The molecule has 38 heavy (non-hydrogen) atoms. The van der Waals surface area contributed by atoms with E-state index in [4.69, 9.17) is 14.2 Å². The topological polar surface area (TPSA) is 94.1 Å². The van der Waals surface area contributed by atoms with Crippen LogP contribution in [0.3, 0.4) is 0 Å². The Morgan fingerprint density at radius 3 is 2.58 bits per heavy atom. The van der Waals surface area contributed by atoms with Crippen LogP contribution in [-0.4, -0.2) is 38.1 Å². The third-order valence-electron chi connectivity index (χ3n) is 6.60. The number of benzene rings is 2. The highest BCUT2D eigenvalue weighted by Gasteiger charge is 2.30. The van der Waals surface area contributed by atoms with Gasteiger partial charge >= 0.3 is 0 Å². The van der Waals surface area contributed by atoms with E-state index in [1.807, 2.05) is 25.3 Å². The van der Waals surface area contributed by atoms with Crippen LogP contribution in [0.5, 0.6) is 17.2 Å². The Hall–Kier alpha value is -3.56. The quantitative estimate of drug-likeness (QED) is 0.393. The van der Waals surface area contributed by atoms with Gasteiger partial charge in [-0.1, -0.05) is 18.2 Å². The lowest BCUT2D eigenvalue weighted by atomic mass is 9.95. The molecule has 7 nitrogen and oxygen atoms in total. The minimum absolute atomic E-state index is 0.0319. The van der Waals surface area contributed by atoms with Crippen LogP contribution < -0.4 is 25.0 Å². The van der Waals surface area contributed by atoms with E-state index >= 15 is 0 Å². The fourth-order valence-electron chi connectivity index (χ4n) is 4.84. The number of halogens is 1. The highest BCUT2D eigenvalue weighted by Crippen LogP contribution is 2.50. The summed E-state index contributed by atoms with van der Waals surface area (Å²) in [4.78, 5) is 26.9. The summed E-state index contributed by atoms with van der Waals surface area (Å²) in [5, 5.41) is 12.4. The minimum Gasteiger partial charge on any atom is -0.492 e. The second kappa shape index (κ2) is 11.9. The van der Waals surface area contributed by atoms with Gasteiger partial charge in [-0.25, -0.2) is 4.39 Å². The molecule has 0 aromatic heterocycles. The van der Waals surface area contributed by atoms with Crippen LogP contribution in [0, 0.1) is 5.82 Å². The van der Waals surface area contributed by atoms with Crippen molar-refractivity contribution in [2.24, 2.45) is 0 Å². The summed E-state index contributed by atoms with van der Waals surface area (Å²) in [5.41, 5.74) is 2.60. The minimum atomic E-state index is -0.773. The Bertz CT molecular complexity index is 1430. The predicted octanol–water partition coefficient (Wildman–Crippen LogP) is 4.90. The van der Waals surface area contributed by atoms with Gasteiger partial charge in [-0.2, -0.15) is 0 Å². The van der Waals surface area contributed by atoms with Crippen molar-refractivity contribution in [3.8, 4) is 28.4 Å². The lowest BCUT2D eigenvalue weighted by molar-refractivity contribution is 0.0930. The van der Waals surface area contributed by atoms with Crippen molar-refractivity contribution in [2.75, 3.05) is 27.1 Å². The van der Waals surface area contributed by atoms with Crippen molar-refractivity contribution < 1.29 is 28.5 Å². The van der Waals surface area contributed by atoms with Gasteiger partial charge in [-0.3, -0.25) is 9.59 Å². The second-order valence-corrected chi connectivity index (χ2v) is 9.54. The molecule has 1 amide bonds. The van der Waals surface area contributed by atoms with Crippen molar-refractivity contribution in [3.05, 3.63) is 80.8 Å². The SMILES string of the molecule is CCOc1cc2c(c(OC)c1OC)-c1ccc(SC)c(=O)cc1[C@@H](NC(=O)c1cccc(CO)c1F)CC2. The predicted molar refractivity (Wildman–Crippen MR) is 145 cm³/mol. The number of hydrogen-bond donors (Lipinski definition) is 2. The molecule has 1 aliphatic carbocycles. The highest BCUT2D eigenvalue weighted by molar-refractivity contribution is 7.98. The summed E-state index contributed by atoms with van der Waals surface area (Å²) in [6.07, 6.45) is 2.78. The number of aliphatic hydroxyl groups is 1. The van der Waals surface area contributed by atoms with Crippen molar-refractivity contribution in [1.82, 2.24) is 5.32 Å². The van der Waals surface area contributed by atoms with E-state index in [1.165, 1.54) is 43.1 Å². The summed E-state index contributed by atoms with van der Waals surface area (Å²) in [5.74, 6) is 0.0248. The standard InChI is InChI=1S/C29H30FNO6S/c1-5-37-23-13-16-9-11-21(31-29(34)19-8-6-7-17(15-32)26(19)30)20-14-22(33)24(38-4)12-10-18(20)25(16)28(36-3)27(23)35-2/h6-8,10,12-14,21,32H,5,9,11,15H2,1-4H3,(H,31,34)/t21-/m0/s1. The zero-order valence-electron chi connectivity index (χ0n) is 21.7. The Morgan fingerprint density at radius 2 is 1.92 bits per heavy atom. The van der Waals surface area contributed by atoms with Crippen LogP contribution in [0.1, 0.15) is 46.4 Å². The van der Waals surface area contributed by atoms with Crippen LogP contribution in [0.2, 0.25) is 0 Å². The molecular formula is C29H30FNO6S. The van der Waals surface area contributed by atoms with Gasteiger partial charge in [0.1, 0.15) is 5.82 Å². The maximum Gasteiger partial charge on any atom is 0.254 e. The average molecular weight is 540 g/mol. The second-order valence-electron chi connectivity index (χ2n) is 8.69. The molecular weight excluding hydrogens is 509 g/mol. The molecule has 3 aromatic rings. The van der Waals surface area contributed by atoms with E-state index in [9.17, 15) is 19.1 Å². The first-order valence-corrected chi connectivity index (χ1v) is 13.4. The lowest BCUT2D eigenvalue weighted by Gasteiger charge is -2.20. The van der Waals surface area contributed by atoms with Gasteiger partial charge < -0.3 is 24.6 Å². The molecule has 0 unspecified atom stereocenters. The highest BCUT2D eigenvalue weighted by atomic mass is 32.2. The van der Waals surface area contributed by atoms with E-state index in [2.05, 4.69) is 5.32 Å². The van der Waals surface area contributed by atoms with E-state index < -0.39 is 24.4 Å². The van der Waals surface area contributed by atoms with E-state index in [1.54, 1.807) is 13.2 Å². The smallest absolute Gasteiger partial charge is 0.254 e. The van der Waals surface area contributed by atoms with Crippen LogP contribution in [0.25, 0.3) is 11.1 Å².